The van der Waals surface area contributed by atoms with Gasteiger partial charge in [0.2, 0.25) is 0 Å². The van der Waals surface area contributed by atoms with Gasteiger partial charge in [0.25, 0.3) is 0 Å². The first-order valence-electron chi connectivity index (χ1n) is 8.04. The van der Waals surface area contributed by atoms with Gasteiger partial charge < -0.3 is 15.0 Å². The van der Waals surface area contributed by atoms with Crippen molar-refractivity contribution in [1.29, 1.82) is 0 Å². The third-order valence-electron chi connectivity index (χ3n) is 3.72. The van der Waals surface area contributed by atoms with E-state index in [1.807, 2.05) is 50.2 Å². The standard InChI is InChI=1S/C17H27N3O2/c1-17(2,3)22-16(21)20-11-4-5-15(8-12-20)19-13-14-6-9-18-10-7-14/h6-7,9-10,15,19H,4-5,8,11-13H2,1-3H3. The van der Waals surface area contributed by atoms with Crippen LogP contribution < -0.4 is 5.32 Å². The number of hydrogen-bond donors (Lipinski definition) is 1. The van der Waals surface area contributed by atoms with Gasteiger partial charge in [-0.05, 0) is 57.7 Å². The summed E-state index contributed by atoms with van der Waals surface area (Å²) >= 11 is 0. The maximum absolute atomic E-state index is 12.1. The number of hydrogen-bond acceptors (Lipinski definition) is 4. The van der Waals surface area contributed by atoms with E-state index in [4.69, 9.17) is 4.74 Å². The van der Waals surface area contributed by atoms with Crippen LogP contribution in [-0.2, 0) is 11.3 Å². The molecule has 0 saturated carbocycles. The predicted octanol–water partition coefficient (Wildman–Crippen LogP) is 2.96. The molecular formula is C17H27N3O2. The third kappa shape index (κ3) is 5.64. The Balaban J connectivity index is 1.78. The van der Waals surface area contributed by atoms with Crippen LogP contribution in [0.5, 0.6) is 0 Å². The lowest BCUT2D eigenvalue weighted by atomic mass is 10.1. The number of rotatable bonds is 3. The minimum atomic E-state index is -0.428. The summed E-state index contributed by atoms with van der Waals surface area (Å²) in [5, 5.41) is 3.58. The van der Waals surface area contributed by atoms with Crippen LogP contribution in [0.1, 0.15) is 45.6 Å². The Kier molecular flexibility index (Phi) is 5.77. The summed E-state index contributed by atoms with van der Waals surface area (Å²) < 4.78 is 5.46. The summed E-state index contributed by atoms with van der Waals surface area (Å²) in [7, 11) is 0. The van der Waals surface area contributed by atoms with E-state index in [0.29, 0.717) is 6.04 Å². The molecule has 5 heteroatoms. The maximum Gasteiger partial charge on any atom is 0.410 e. The first-order valence-corrected chi connectivity index (χ1v) is 8.04. The molecule has 1 aliphatic heterocycles. The number of nitrogens with one attached hydrogen (secondary N) is 1. The van der Waals surface area contributed by atoms with E-state index in [1.54, 1.807) is 0 Å². The molecule has 1 amide bonds. The van der Waals surface area contributed by atoms with E-state index in [0.717, 1.165) is 38.9 Å². The minimum Gasteiger partial charge on any atom is -0.444 e. The van der Waals surface area contributed by atoms with Gasteiger partial charge in [-0.15, -0.1) is 0 Å². The van der Waals surface area contributed by atoms with Crippen LogP contribution in [0.15, 0.2) is 24.5 Å². The van der Waals surface area contributed by atoms with Gasteiger partial charge in [0.05, 0.1) is 0 Å². The highest BCUT2D eigenvalue weighted by Gasteiger charge is 2.24. The lowest BCUT2D eigenvalue weighted by Crippen LogP contribution is -2.38. The second-order valence-electron chi connectivity index (χ2n) is 6.83. The molecule has 2 heterocycles. The highest BCUT2D eigenvalue weighted by molar-refractivity contribution is 5.68. The Morgan fingerprint density at radius 3 is 2.73 bits per heavy atom. The number of nitrogens with zero attached hydrogens (tertiary/aromatic N) is 2. The Bertz CT molecular complexity index is 471. The van der Waals surface area contributed by atoms with Gasteiger partial charge in [0.1, 0.15) is 5.60 Å². The van der Waals surface area contributed by atoms with Crippen LogP contribution in [0, 0.1) is 0 Å². The highest BCUT2D eigenvalue weighted by Crippen LogP contribution is 2.16. The smallest absolute Gasteiger partial charge is 0.410 e. The van der Waals surface area contributed by atoms with Gasteiger partial charge in [0, 0.05) is 38.1 Å². The minimum absolute atomic E-state index is 0.192. The van der Waals surface area contributed by atoms with Crippen LogP contribution in [0.4, 0.5) is 4.79 Å². The van der Waals surface area contributed by atoms with Crippen molar-refractivity contribution in [2.24, 2.45) is 0 Å². The molecule has 1 saturated heterocycles. The zero-order valence-corrected chi connectivity index (χ0v) is 13.8. The van der Waals surface area contributed by atoms with Gasteiger partial charge in [-0.2, -0.15) is 0 Å². The molecule has 1 aromatic rings. The second kappa shape index (κ2) is 7.58. The molecule has 0 bridgehead atoms. The fourth-order valence-electron chi connectivity index (χ4n) is 2.57. The monoisotopic (exact) mass is 305 g/mol. The van der Waals surface area contributed by atoms with Gasteiger partial charge in [-0.3, -0.25) is 4.98 Å². The van der Waals surface area contributed by atoms with Gasteiger partial charge >= 0.3 is 6.09 Å². The molecule has 0 aliphatic carbocycles. The molecule has 0 spiro atoms. The third-order valence-corrected chi connectivity index (χ3v) is 3.72. The van der Waals surface area contributed by atoms with E-state index in [1.165, 1.54) is 5.56 Å². The number of carbonyl (C=O) groups excluding carboxylic acids is 1. The topological polar surface area (TPSA) is 54.5 Å². The SMILES string of the molecule is CC(C)(C)OC(=O)N1CCCC(NCc2ccncc2)CC1. The van der Waals surface area contributed by atoms with Crippen molar-refractivity contribution in [3.05, 3.63) is 30.1 Å². The molecule has 0 aromatic carbocycles. The predicted molar refractivity (Wildman–Crippen MR) is 86.5 cm³/mol. The number of likely N-dealkylation sites (tertiary alicyclic amines) is 1. The fraction of sp³-hybridized carbons (Fsp3) is 0.647. The Labute approximate surface area is 133 Å². The molecular weight excluding hydrogens is 278 g/mol. The van der Waals surface area contributed by atoms with E-state index in [2.05, 4.69) is 10.3 Å². The molecule has 1 N–H and O–H groups in total. The molecule has 1 unspecified atom stereocenters. The average molecular weight is 305 g/mol. The summed E-state index contributed by atoms with van der Waals surface area (Å²) in [6.45, 7) is 8.09. The number of amides is 1. The van der Waals surface area contributed by atoms with Crippen LogP contribution >= 0.6 is 0 Å². The van der Waals surface area contributed by atoms with Crippen molar-refractivity contribution < 1.29 is 9.53 Å². The van der Waals surface area contributed by atoms with Gasteiger partial charge in [0.15, 0.2) is 0 Å². The molecule has 122 valence electrons. The molecule has 22 heavy (non-hydrogen) atoms. The lowest BCUT2D eigenvalue weighted by molar-refractivity contribution is 0.0256. The number of pyridine rings is 1. The largest absolute Gasteiger partial charge is 0.444 e. The Hall–Kier alpha value is -1.62. The Morgan fingerprint density at radius 1 is 1.32 bits per heavy atom. The molecule has 0 radical (unpaired) electrons. The molecule has 1 aliphatic rings. The lowest BCUT2D eigenvalue weighted by Gasteiger charge is -2.26. The van der Waals surface area contributed by atoms with Crippen molar-refractivity contribution in [2.75, 3.05) is 13.1 Å². The average Bonchev–Trinajstić information content (AvgIpc) is 2.70. The van der Waals surface area contributed by atoms with Crippen LogP contribution in [0.25, 0.3) is 0 Å². The van der Waals surface area contributed by atoms with Crippen molar-refractivity contribution in [1.82, 2.24) is 15.2 Å². The van der Waals surface area contributed by atoms with E-state index in [9.17, 15) is 4.79 Å². The highest BCUT2D eigenvalue weighted by atomic mass is 16.6. The summed E-state index contributed by atoms with van der Waals surface area (Å²) in [5.74, 6) is 0. The van der Waals surface area contributed by atoms with E-state index < -0.39 is 5.60 Å². The fourth-order valence-corrected chi connectivity index (χ4v) is 2.57. The molecule has 1 fully saturated rings. The van der Waals surface area contributed by atoms with Gasteiger partial charge in [-0.1, -0.05) is 0 Å². The molecule has 2 rings (SSSR count). The maximum atomic E-state index is 12.1. The summed E-state index contributed by atoms with van der Waals surface area (Å²) in [6, 6.07) is 4.49. The number of ether oxygens (including phenoxy) is 1. The molecule has 5 nitrogen and oxygen atoms in total. The zero-order chi connectivity index (χ0) is 16.0. The molecule has 1 aromatic heterocycles. The van der Waals surface area contributed by atoms with Crippen molar-refractivity contribution in [3.8, 4) is 0 Å². The van der Waals surface area contributed by atoms with Crippen molar-refractivity contribution in [2.45, 2.75) is 58.2 Å². The van der Waals surface area contributed by atoms with Crippen molar-refractivity contribution in [3.63, 3.8) is 0 Å². The van der Waals surface area contributed by atoms with Crippen LogP contribution in [0.2, 0.25) is 0 Å². The second-order valence-corrected chi connectivity index (χ2v) is 6.83. The number of carbonyl (C=O) groups is 1. The summed E-state index contributed by atoms with van der Waals surface area (Å²) in [4.78, 5) is 18.0. The van der Waals surface area contributed by atoms with Crippen molar-refractivity contribution >= 4 is 6.09 Å². The Morgan fingerprint density at radius 2 is 2.05 bits per heavy atom. The van der Waals surface area contributed by atoms with E-state index in [-0.39, 0.29) is 6.09 Å². The summed E-state index contributed by atoms with van der Waals surface area (Å²) in [6.07, 6.45) is 6.49. The number of aromatic nitrogens is 1. The quantitative estimate of drug-likeness (QED) is 0.933. The first kappa shape index (κ1) is 16.7. The first-order chi connectivity index (χ1) is 10.4. The summed E-state index contributed by atoms with van der Waals surface area (Å²) in [5.41, 5.74) is 0.811. The van der Waals surface area contributed by atoms with Crippen LogP contribution in [0.3, 0.4) is 0 Å². The molecule has 1 atom stereocenters. The van der Waals surface area contributed by atoms with Crippen LogP contribution in [-0.4, -0.2) is 40.7 Å². The van der Waals surface area contributed by atoms with E-state index >= 15 is 0 Å². The normalized spacial score (nSPS) is 19.6. The van der Waals surface area contributed by atoms with Gasteiger partial charge in [-0.25, -0.2) is 4.79 Å². The zero-order valence-electron chi connectivity index (χ0n) is 13.8.